The lowest BCUT2D eigenvalue weighted by Gasteiger charge is -2.22. The van der Waals surface area contributed by atoms with Crippen LogP contribution < -0.4 is 10.6 Å². The Morgan fingerprint density at radius 2 is 2.32 bits per heavy atom. The lowest BCUT2D eigenvalue weighted by Crippen LogP contribution is -2.45. The van der Waals surface area contributed by atoms with Gasteiger partial charge in [-0.15, -0.1) is 12.4 Å². The van der Waals surface area contributed by atoms with Crippen molar-refractivity contribution in [3.8, 4) is 11.4 Å². The molecule has 7 nitrogen and oxygen atoms in total. The van der Waals surface area contributed by atoms with E-state index in [1.165, 1.54) is 0 Å². The van der Waals surface area contributed by atoms with Crippen LogP contribution in [0.25, 0.3) is 11.4 Å². The molecular formula is C14H18ClN5O2. The van der Waals surface area contributed by atoms with Gasteiger partial charge in [0.15, 0.2) is 5.82 Å². The van der Waals surface area contributed by atoms with Crippen LogP contribution in [-0.2, 0) is 9.53 Å². The van der Waals surface area contributed by atoms with Crippen molar-refractivity contribution in [1.82, 2.24) is 20.5 Å². The van der Waals surface area contributed by atoms with Gasteiger partial charge in [-0.3, -0.25) is 9.89 Å². The second-order valence-electron chi connectivity index (χ2n) is 4.88. The SMILES string of the molecule is Cc1nc(-c2cccc(NC(=O)C3CNCCO3)c2)n[nH]1.Cl. The standard InChI is InChI=1S/C14H17N5O2.ClH/c1-9-16-13(19-18-9)10-3-2-4-11(7-10)17-14(20)12-8-15-5-6-21-12;/h2-4,7,12,15H,5-6,8H2,1H3,(H,17,20)(H,16,18,19);1H. The first kappa shape index (κ1) is 16.4. The summed E-state index contributed by atoms with van der Waals surface area (Å²) < 4.78 is 5.43. The molecule has 22 heavy (non-hydrogen) atoms. The Kier molecular flexibility index (Phi) is 5.48. The van der Waals surface area contributed by atoms with Crippen molar-refractivity contribution < 1.29 is 9.53 Å². The number of halogens is 1. The third-order valence-corrected chi connectivity index (χ3v) is 3.21. The molecule has 0 saturated carbocycles. The number of benzene rings is 1. The number of ether oxygens (including phenoxy) is 1. The van der Waals surface area contributed by atoms with Gasteiger partial charge in [-0.2, -0.15) is 5.10 Å². The average Bonchev–Trinajstić information content (AvgIpc) is 2.95. The number of morpholine rings is 1. The molecule has 8 heteroatoms. The molecule has 0 bridgehead atoms. The number of anilines is 1. The van der Waals surface area contributed by atoms with E-state index in [4.69, 9.17) is 4.74 Å². The molecule has 1 aliphatic heterocycles. The molecule has 118 valence electrons. The van der Waals surface area contributed by atoms with Crippen LogP contribution in [0.3, 0.4) is 0 Å². The number of carbonyl (C=O) groups is 1. The molecule has 0 spiro atoms. The van der Waals surface area contributed by atoms with Gasteiger partial charge in [-0.25, -0.2) is 4.98 Å². The third-order valence-electron chi connectivity index (χ3n) is 3.21. The van der Waals surface area contributed by atoms with Gasteiger partial charge in [0.2, 0.25) is 0 Å². The molecule has 1 saturated heterocycles. The number of carbonyl (C=O) groups excluding carboxylic acids is 1. The van der Waals surface area contributed by atoms with Crippen molar-refractivity contribution in [3.63, 3.8) is 0 Å². The third kappa shape index (κ3) is 3.82. The first-order valence-corrected chi connectivity index (χ1v) is 6.85. The summed E-state index contributed by atoms with van der Waals surface area (Å²) in [5, 5.41) is 12.9. The number of aryl methyl sites for hydroxylation is 1. The largest absolute Gasteiger partial charge is 0.366 e. The van der Waals surface area contributed by atoms with Crippen molar-refractivity contribution in [2.45, 2.75) is 13.0 Å². The van der Waals surface area contributed by atoms with E-state index in [2.05, 4.69) is 25.8 Å². The van der Waals surface area contributed by atoms with Crippen LogP contribution in [0.15, 0.2) is 24.3 Å². The number of aromatic amines is 1. The van der Waals surface area contributed by atoms with E-state index < -0.39 is 6.10 Å². The lowest BCUT2D eigenvalue weighted by atomic mass is 10.2. The van der Waals surface area contributed by atoms with Gasteiger partial charge in [-0.05, 0) is 19.1 Å². The second kappa shape index (κ2) is 7.35. The van der Waals surface area contributed by atoms with Gasteiger partial charge in [0.1, 0.15) is 11.9 Å². The summed E-state index contributed by atoms with van der Waals surface area (Å²) in [5.41, 5.74) is 1.55. The Balaban J connectivity index is 0.00000176. The minimum atomic E-state index is -0.451. The Morgan fingerprint density at radius 3 is 3.00 bits per heavy atom. The Hall–Kier alpha value is -1.96. The van der Waals surface area contributed by atoms with Crippen LogP contribution in [0, 0.1) is 6.92 Å². The summed E-state index contributed by atoms with van der Waals surface area (Å²) in [4.78, 5) is 16.4. The molecule has 3 N–H and O–H groups in total. The Labute approximate surface area is 134 Å². The number of rotatable bonds is 3. The maximum absolute atomic E-state index is 12.1. The molecule has 1 amide bonds. The Morgan fingerprint density at radius 1 is 1.45 bits per heavy atom. The topological polar surface area (TPSA) is 91.9 Å². The molecule has 1 aromatic carbocycles. The van der Waals surface area contributed by atoms with Gasteiger partial charge in [-0.1, -0.05) is 12.1 Å². The monoisotopic (exact) mass is 323 g/mol. The van der Waals surface area contributed by atoms with Gasteiger partial charge in [0.25, 0.3) is 5.91 Å². The highest BCUT2D eigenvalue weighted by atomic mass is 35.5. The fourth-order valence-corrected chi connectivity index (χ4v) is 2.16. The maximum atomic E-state index is 12.1. The number of nitrogens with zero attached hydrogens (tertiary/aromatic N) is 2. The van der Waals surface area contributed by atoms with Crippen molar-refractivity contribution in [1.29, 1.82) is 0 Å². The predicted molar refractivity (Wildman–Crippen MR) is 85.0 cm³/mol. The molecule has 2 heterocycles. The van der Waals surface area contributed by atoms with Crippen LogP contribution in [0.2, 0.25) is 0 Å². The predicted octanol–water partition coefficient (Wildman–Crippen LogP) is 1.13. The summed E-state index contributed by atoms with van der Waals surface area (Å²) >= 11 is 0. The fourth-order valence-electron chi connectivity index (χ4n) is 2.16. The van der Waals surface area contributed by atoms with Crippen LogP contribution in [0.5, 0.6) is 0 Å². The number of hydrogen-bond donors (Lipinski definition) is 3. The van der Waals surface area contributed by atoms with Crippen LogP contribution in [0.1, 0.15) is 5.82 Å². The molecule has 2 aromatic rings. The molecule has 1 atom stereocenters. The van der Waals surface area contributed by atoms with E-state index in [-0.39, 0.29) is 18.3 Å². The van der Waals surface area contributed by atoms with Crippen molar-refractivity contribution >= 4 is 24.0 Å². The molecule has 1 fully saturated rings. The van der Waals surface area contributed by atoms with Gasteiger partial charge in [0, 0.05) is 24.3 Å². The van der Waals surface area contributed by atoms with Crippen LogP contribution in [-0.4, -0.2) is 46.9 Å². The number of nitrogens with one attached hydrogen (secondary N) is 3. The van der Waals surface area contributed by atoms with Crippen molar-refractivity contribution in [2.24, 2.45) is 0 Å². The highest BCUT2D eigenvalue weighted by Crippen LogP contribution is 2.19. The first-order chi connectivity index (χ1) is 10.2. The zero-order chi connectivity index (χ0) is 14.7. The number of H-pyrrole nitrogens is 1. The van der Waals surface area contributed by atoms with E-state index in [9.17, 15) is 4.79 Å². The lowest BCUT2D eigenvalue weighted by molar-refractivity contribution is -0.128. The van der Waals surface area contributed by atoms with E-state index in [0.717, 1.165) is 17.9 Å². The highest BCUT2D eigenvalue weighted by molar-refractivity contribution is 5.94. The summed E-state index contributed by atoms with van der Waals surface area (Å²) in [6, 6.07) is 7.43. The average molecular weight is 324 g/mol. The van der Waals surface area contributed by atoms with Gasteiger partial charge < -0.3 is 15.4 Å². The van der Waals surface area contributed by atoms with Gasteiger partial charge in [0.05, 0.1) is 6.61 Å². The maximum Gasteiger partial charge on any atom is 0.254 e. The summed E-state index contributed by atoms with van der Waals surface area (Å²) in [6.45, 7) is 3.71. The fraction of sp³-hybridized carbons (Fsp3) is 0.357. The molecule has 1 aromatic heterocycles. The molecule has 0 aliphatic carbocycles. The molecular weight excluding hydrogens is 306 g/mol. The minimum Gasteiger partial charge on any atom is -0.366 e. The van der Waals surface area contributed by atoms with E-state index >= 15 is 0 Å². The van der Waals surface area contributed by atoms with Gasteiger partial charge >= 0.3 is 0 Å². The van der Waals surface area contributed by atoms with Crippen molar-refractivity contribution in [3.05, 3.63) is 30.1 Å². The summed E-state index contributed by atoms with van der Waals surface area (Å²) in [7, 11) is 0. The van der Waals surface area contributed by atoms with E-state index in [1.807, 2.05) is 31.2 Å². The molecule has 0 radical (unpaired) electrons. The second-order valence-corrected chi connectivity index (χ2v) is 4.88. The smallest absolute Gasteiger partial charge is 0.254 e. The number of amides is 1. The normalized spacial score (nSPS) is 17.6. The quantitative estimate of drug-likeness (QED) is 0.787. The van der Waals surface area contributed by atoms with Crippen LogP contribution >= 0.6 is 12.4 Å². The summed E-state index contributed by atoms with van der Waals surface area (Å²) in [5.74, 6) is 1.21. The Bertz CT molecular complexity index is 640. The summed E-state index contributed by atoms with van der Waals surface area (Å²) in [6.07, 6.45) is -0.451. The van der Waals surface area contributed by atoms with E-state index in [0.29, 0.717) is 24.7 Å². The zero-order valence-corrected chi connectivity index (χ0v) is 12.9. The highest BCUT2D eigenvalue weighted by Gasteiger charge is 2.21. The first-order valence-electron chi connectivity index (χ1n) is 6.85. The zero-order valence-electron chi connectivity index (χ0n) is 12.1. The van der Waals surface area contributed by atoms with E-state index in [1.54, 1.807) is 0 Å². The number of aromatic nitrogens is 3. The van der Waals surface area contributed by atoms with Crippen molar-refractivity contribution in [2.75, 3.05) is 25.0 Å². The molecule has 1 aliphatic rings. The molecule has 1 unspecified atom stereocenters. The van der Waals surface area contributed by atoms with Crippen LogP contribution in [0.4, 0.5) is 5.69 Å². The minimum absolute atomic E-state index is 0. The molecule has 3 rings (SSSR count). The number of hydrogen-bond acceptors (Lipinski definition) is 5.